The molecule has 65 heavy (non-hydrogen) atoms. The van der Waals surface area contributed by atoms with Gasteiger partial charge >= 0.3 is 5.97 Å². The monoisotopic (exact) mass is 912 g/mol. The van der Waals surface area contributed by atoms with Gasteiger partial charge in [0.25, 0.3) is 0 Å². The summed E-state index contributed by atoms with van der Waals surface area (Å²) in [7, 11) is 0. The molecule has 0 aromatic rings. The first-order valence-electron chi connectivity index (χ1n) is 28.4. The molecular weight excluding hydrogens is 803 g/mol. The standard InChI is InChI=1S/C59H109NO5/c1-4-7-10-13-16-19-22-25-27-28-29-31-34-37-40-43-46-49-52-59(64)65-55(50-47-44-41-38-35-32-24-21-18-15-12-9-6-3)53-58(63)60-56(54-61)57(62)51-48-45-42-39-36-33-30-26-23-20-17-14-11-8-5-2/h16,19,22,25,27-29,31,55-57,61-62H,4-15,17-18,20-21,23-24,26,30,32-54H2,1-3H3,(H,60,63)/b19-16+,25-22+,28-27+,31-29+. The van der Waals surface area contributed by atoms with E-state index in [0.29, 0.717) is 19.3 Å². The summed E-state index contributed by atoms with van der Waals surface area (Å²) >= 11 is 0. The van der Waals surface area contributed by atoms with Gasteiger partial charge < -0.3 is 20.3 Å². The van der Waals surface area contributed by atoms with Gasteiger partial charge in [0.15, 0.2) is 0 Å². The van der Waals surface area contributed by atoms with Gasteiger partial charge in [0.2, 0.25) is 5.91 Å². The predicted molar refractivity (Wildman–Crippen MR) is 282 cm³/mol. The molecule has 0 spiro atoms. The summed E-state index contributed by atoms with van der Waals surface area (Å²) in [6.45, 7) is 6.47. The van der Waals surface area contributed by atoms with Crippen LogP contribution in [-0.2, 0) is 14.3 Å². The first kappa shape index (κ1) is 62.8. The minimum Gasteiger partial charge on any atom is -0.462 e. The first-order chi connectivity index (χ1) is 32.0. The number of rotatable bonds is 51. The van der Waals surface area contributed by atoms with Gasteiger partial charge in [-0.3, -0.25) is 9.59 Å². The number of unbranched alkanes of at least 4 members (excludes halogenated alkanes) is 34. The van der Waals surface area contributed by atoms with E-state index in [1.165, 1.54) is 173 Å². The van der Waals surface area contributed by atoms with Crippen molar-refractivity contribution in [1.29, 1.82) is 0 Å². The summed E-state index contributed by atoms with van der Waals surface area (Å²) in [6.07, 6.45) is 64.5. The van der Waals surface area contributed by atoms with Crippen molar-refractivity contribution >= 4 is 11.9 Å². The van der Waals surface area contributed by atoms with Crippen molar-refractivity contribution in [1.82, 2.24) is 5.32 Å². The Morgan fingerprint density at radius 3 is 1.22 bits per heavy atom. The summed E-state index contributed by atoms with van der Waals surface area (Å²) in [5.74, 6) is -0.487. The normalized spacial score (nSPS) is 13.5. The van der Waals surface area contributed by atoms with Gasteiger partial charge in [-0.15, -0.1) is 0 Å². The van der Waals surface area contributed by atoms with Gasteiger partial charge in [-0.2, -0.15) is 0 Å². The minimum absolute atomic E-state index is 0.0708. The largest absolute Gasteiger partial charge is 0.462 e. The molecule has 0 aliphatic rings. The highest BCUT2D eigenvalue weighted by Crippen LogP contribution is 2.19. The van der Waals surface area contributed by atoms with Gasteiger partial charge in [0.1, 0.15) is 6.10 Å². The number of amides is 1. The van der Waals surface area contributed by atoms with Crippen LogP contribution in [0.5, 0.6) is 0 Å². The fourth-order valence-electron chi connectivity index (χ4n) is 8.68. The smallest absolute Gasteiger partial charge is 0.306 e. The fraction of sp³-hybridized carbons (Fsp3) is 0.831. The molecular formula is C59H109NO5. The minimum atomic E-state index is -0.791. The Bertz CT molecular complexity index is 1110. The summed E-state index contributed by atoms with van der Waals surface area (Å²) in [5, 5.41) is 23.9. The second-order valence-electron chi connectivity index (χ2n) is 19.4. The average molecular weight is 913 g/mol. The molecule has 0 bridgehead atoms. The summed E-state index contributed by atoms with van der Waals surface area (Å²) < 4.78 is 5.95. The van der Waals surface area contributed by atoms with E-state index in [4.69, 9.17) is 4.74 Å². The van der Waals surface area contributed by atoms with E-state index >= 15 is 0 Å². The van der Waals surface area contributed by atoms with Gasteiger partial charge in [0, 0.05) is 6.42 Å². The lowest BCUT2D eigenvalue weighted by molar-refractivity contribution is -0.151. The van der Waals surface area contributed by atoms with Crippen molar-refractivity contribution in [3.63, 3.8) is 0 Å². The van der Waals surface area contributed by atoms with Crippen LogP contribution >= 0.6 is 0 Å². The van der Waals surface area contributed by atoms with Crippen molar-refractivity contribution in [2.75, 3.05) is 6.61 Å². The molecule has 0 aliphatic carbocycles. The number of carbonyl (C=O) groups is 2. The first-order valence-corrected chi connectivity index (χ1v) is 28.4. The zero-order valence-corrected chi connectivity index (χ0v) is 43.4. The van der Waals surface area contributed by atoms with Crippen LogP contribution < -0.4 is 5.32 Å². The highest BCUT2D eigenvalue weighted by Gasteiger charge is 2.24. The maximum Gasteiger partial charge on any atom is 0.306 e. The molecule has 3 N–H and O–H groups in total. The van der Waals surface area contributed by atoms with Crippen molar-refractivity contribution in [2.45, 2.75) is 309 Å². The van der Waals surface area contributed by atoms with Gasteiger partial charge in [-0.05, 0) is 51.4 Å². The fourth-order valence-corrected chi connectivity index (χ4v) is 8.68. The zero-order valence-electron chi connectivity index (χ0n) is 43.4. The van der Waals surface area contributed by atoms with Crippen LogP contribution in [0.15, 0.2) is 48.6 Å². The lowest BCUT2D eigenvalue weighted by Crippen LogP contribution is -2.46. The van der Waals surface area contributed by atoms with Crippen LogP contribution in [0, 0.1) is 0 Å². The van der Waals surface area contributed by atoms with Crippen molar-refractivity contribution in [3.8, 4) is 0 Å². The van der Waals surface area contributed by atoms with Crippen LogP contribution in [0.1, 0.15) is 290 Å². The third-order valence-corrected chi connectivity index (χ3v) is 13.0. The number of aliphatic hydroxyl groups is 2. The molecule has 0 rings (SSSR count). The Labute approximate surface area is 404 Å². The highest BCUT2D eigenvalue weighted by molar-refractivity contribution is 5.77. The summed E-state index contributed by atoms with van der Waals surface area (Å²) in [5.41, 5.74) is 0. The van der Waals surface area contributed by atoms with Crippen molar-refractivity contribution in [3.05, 3.63) is 48.6 Å². The van der Waals surface area contributed by atoms with E-state index in [0.717, 1.165) is 70.6 Å². The van der Waals surface area contributed by atoms with E-state index < -0.39 is 18.2 Å². The van der Waals surface area contributed by atoms with E-state index in [1.54, 1.807) is 0 Å². The van der Waals surface area contributed by atoms with Gasteiger partial charge in [-0.1, -0.05) is 275 Å². The molecule has 0 aromatic heterocycles. The Kier molecular flexibility index (Phi) is 51.0. The highest BCUT2D eigenvalue weighted by atomic mass is 16.5. The maximum atomic E-state index is 13.3. The second kappa shape index (κ2) is 52.8. The Hall–Kier alpha value is -2.18. The molecule has 0 aliphatic heterocycles. The Morgan fingerprint density at radius 2 is 0.785 bits per heavy atom. The van der Waals surface area contributed by atoms with Crippen LogP contribution in [0.3, 0.4) is 0 Å². The van der Waals surface area contributed by atoms with Gasteiger partial charge in [0.05, 0.1) is 25.2 Å². The molecule has 3 unspecified atom stereocenters. The summed E-state index contributed by atoms with van der Waals surface area (Å²) in [4.78, 5) is 26.2. The van der Waals surface area contributed by atoms with Gasteiger partial charge in [-0.25, -0.2) is 0 Å². The Morgan fingerprint density at radius 1 is 0.446 bits per heavy atom. The molecule has 0 fully saturated rings. The van der Waals surface area contributed by atoms with Crippen LogP contribution in [0.25, 0.3) is 0 Å². The lowest BCUT2D eigenvalue weighted by atomic mass is 10.0. The number of carbonyl (C=O) groups excluding carboxylic acids is 2. The Balaban J connectivity index is 4.56. The number of allylic oxidation sites excluding steroid dienone is 8. The number of hydrogen-bond acceptors (Lipinski definition) is 5. The molecule has 380 valence electrons. The van der Waals surface area contributed by atoms with E-state index in [2.05, 4.69) is 74.7 Å². The van der Waals surface area contributed by atoms with Crippen molar-refractivity contribution in [2.24, 2.45) is 0 Å². The van der Waals surface area contributed by atoms with E-state index in [9.17, 15) is 19.8 Å². The van der Waals surface area contributed by atoms with E-state index in [1.807, 2.05) is 0 Å². The molecule has 6 heteroatoms. The molecule has 3 atom stereocenters. The molecule has 6 nitrogen and oxygen atoms in total. The van der Waals surface area contributed by atoms with Crippen LogP contribution in [0.4, 0.5) is 0 Å². The third kappa shape index (κ3) is 48.1. The molecule has 0 aromatic carbocycles. The quantitative estimate of drug-likeness (QED) is 0.0321. The molecule has 0 radical (unpaired) electrons. The molecule has 0 heterocycles. The summed E-state index contributed by atoms with van der Waals surface area (Å²) in [6, 6.07) is -0.705. The van der Waals surface area contributed by atoms with Crippen molar-refractivity contribution < 1.29 is 24.5 Å². The van der Waals surface area contributed by atoms with Crippen LogP contribution in [0.2, 0.25) is 0 Å². The van der Waals surface area contributed by atoms with Crippen LogP contribution in [-0.4, -0.2) is 46.9 Å². The average Bonchev–Trinajstić information content (AvgIpc) is 3.30. The lowest BCUT2D eigenvalue weighted by Gasteiger charge is -2.24. The molecule has 1 amide bonds. The number of ether oxygens (including phenoxy) is 1. The molecule has 0 saturated heterocycles. The number of nitrogens with one attached hydrogen (secondary N) is 1. The molecule has 0 saturated carbocycles. The maximum absolute atomic E-state index is 13.3. The number of aliphatic hydroxyl groups excluding tert-OH is 2. The SMILES string of the molecule is CCCCC/C=C/C=C/C=C/C=C/CCCCCCCC(=O)OC(CCCCCCCCCCCCCCC)CC(=O)NC(CO)C(O)CCCCCCCCCCCCCCCCC. The number of hydrogen-bond donors (Lipinski definition) is 3. The van der Waals surface area contributed by atoms with E-state index in [-0.39, 0.29) is 24.9 Å². The topological polar surface area (TPSA) is 95.9 Å². The zero-order chi connectivity index (χ0) is 47.4. The second-order valence-corrected chi connectivity index (χ2v) is 19.4. The third-order valence-electron chi connectivity index (χ3n) is 13.0. The predicted octanol–water partition coefficient (Wildman–Crippen LogP) is 17.4. The number of esters is 1.